The average Bonchev–Trinajstić information content (AvgIpc) is 3.20. The van der Waals surface area contributed by atoms with Crippen LogP contribution in [0.25, 0.3) is 67.5 Å². The average molecular weight is 660 g/mol. The molecule has 1 aromatic heterocycles. The number of hydrogen-bond donors (Lipinski definition) is 0. The van der Waals surface area contributed by atoms with Gasteiger partial charge in [-0.2, -0.15) is 0 Å². The summed E-state index contributed by atoms with van der Waals surface area (Å²) in [6, 6.07) is 54.9. The van der Waals surface area contributed by atoms with Crippen LogP contribution in [0, 0.1) is 0 Å². The molecular formula is C46H37N5. The Morgan fingerprint density at radius 2 is 0.784 bits per heavy atom. The highest BCUT2D eigenvalue weighted by Gasteiger charge is 2.20. The fourth-order valence-corrected chi connectivity index (χ4v) is 6.57. The third kappa shape index (κ3) is 6.75. The van der Waals surface area contributed by atoms with Crippen molar-refractivity contribution in [2.24, 2.45) is 4.99 Å². The SMILES string of the molecule is CC1=CC(C)=NC(c2ccc(-c3cc(-c4ccc(-c5ccccc5)cc4)cc(-c4nc(-c5ccccc5)nc(-c5ccccc5)n4)c3)cc2)N1C. The van der Waals surface area contributed by atoms with Crippen LogP contribution >= 0.6 is 0 Å². The van der Waals surface area contributed by atoms with E-state index in [1.54, 1.807) is 0 Å². The van der Waals surface area contributed by atoms with Crippen molar-refractivity contribution in [2.45, 2.75) is 20.0 Å². The predicted octanol–water partition coefficient (Wildman–Crippen LogP) is 11.2. The van der Waals surface area contributed by atoms with Crippen LogP contribution in [0.1, 0.15) is 25.6 Å². The summed E-state index contributed by atoms with van der Waals surface area (Å²) in [6.45, 7) is 4.19. The fraction of sp³-hybridized carbons (Fsp3) is 0.0870. The Morgan fingerprint density at radius 3 is 1.27 bits per heavy atom. The van der Waals surface area contributed by atoms with Gasteiger partial charge < -0.3 is 4.90 Å². The van der Waals surface area contributed by atoms with Gasteiger partial charge in [0.2, 0.25) is 0 Å². The van der Waals surface area contributed by atoms with E-state index in [1.165, 1.54) is 16.8 Å². The zero-order valence-electron chi connectivity index (χ0n) is 28.9. The summed E-state index contributed by atoms with van der Waals surface area (Å²) in [5, 5.41) is 0. The lowest BCUT2D eigenvalue weighted by atomic mass is 9.94. The first-order chi connectivity index (χ1) is 25.0. The summed E-state index contributed by atoms with van der Waals surface area (Å²) >= 11 is 0. The van der Waals surface area contributed by atoms with E-state index in [9.17, 15) is 0 Å². The van der Waals surface area contributed by atoms with Crippen molar-refractivity contribution in [3.63, 3.8) is 0 Å². The minimum atomic E-state index is -0.0490. The Hall–Kier alpha value is -6.46. The highest BCUT2D eigenvalue weighted by atomic mass is 15.2. The Balaban J connectivity index is 1.26. The maximum atomic E-state index is 5.07. The van der Waals surface area contributed by atoms with Crippen LogP contribution in [0.2, 0.25) is 0 Å². The Morgan fingerprint density at radius 1 is 0.412 bits per heavy atom. The van der Waals surface area contributed by atoms with Gasteiger partial charge >= 0.3 is 0 Å². The topological polar surface area (TPSA) is 54.3 Å². The summed E-state index contributed by atoms with van der Waals surface area (Å²) in [5.74, 6) is 1.90. The normalized spacial score (nSPS) is 14.2. The maximum absolute atomic E-state index is 5.07. The van der Waals surface area contributed by atoms with E-state index >= 15 is 0 Å². The number of nitrogens with zero attached hydrogens (tertiary/aromatic N) is 5. The molecular weight excluding hydrogens is 623 g/mol. The first-order valence-electron chi connectivity index (χ1n) is 17.2. The van der Waals surface area contributed by atoms with Gasteiger partial charge in [-0.1, -0.05) is 140 Å². The molecule has 2 heterocycles. The minimum Gasteiger partial charge on any atom is -0.353 e. The summed E-state index contributed by atoms with van der Waals surface area (Å²) < 4.78 is 0. The van der Waals surface area contributed by atoms with Crippen molar-refractivity contribution < 1.29 is 0 Å². The molecule has 1 aliphatic heterocycles. The van der Waals surface area contributed by atoms with Crippen LogP contribution < -0.4 is 0 Å². The Bertz CT molecular complexity index is 2310. The number of aromatic nitrogens is 3. The number of benzene rings is 6. The summed E-state index contributed by atoms with van der Waals surface area (Å²) in [6.07, 6.45) is 2.07. The molecule has 1 aliphatic rings. The lowest BCUT2D eigenvalue weighted by Gasteiger charge is -2.31. The minimum absolute atomic E-state index is 0.0490. The highest BCUT2D eigenvalue weighted by molar-refractivity contribution is 5.94. The molecule has 0 radical (unpaired) electrons. The van der Waals surface area contributed by atoms with Gasteiger partial charge in [0, 0.05) is 35.1 Å². The van der Waals surface area contributed by atoms with E-state index in [1.807, 2.05) is 66.7 Å². The summed E-state index contributed by atoms with van der Waals surface area (Å²) in [7, 11) is 2.10. The van der Waals surface area contributed by atoms with Gasteiger partial charge in [0.1, 0.15) is 6.17 Å². The van der Waals surface area contributed by atoms with Gasteiger partial charge in [-0.15, -0.1) is 0 Å². The molecule has 6 aromatic carbocycles. The molecule has 8 rings (SSSR count). The second-order valence-corrected chi connectivity index (χ2v) is 12.9. The number of hydrogen-bond acceptors (Lipinski definition) is 5. The Labute approximate surface area is 299 Å². The molecule has 0 saturated heterocycles. The molecule has 1 unspecified atom stereocenters. The largest absolute Gasteiger partial charge is 0.353 e. The monoisotopic (exact) mass is 659 g/mol. The van der Waals surface area contributed by atoms with Gasteiger partial charge in [-0.25, -0.2) is 15.0 Å². The van der Waals surface area contributed by atoms with Crippen molar-refractivity contribution in [2.75, 3.05) is 7.05 Å². The highest BCUT2D eigenvalue weighted by Crippen LogP contribution is 2.36. The molecule has 0 N–H and O–H groups in total. The van der Waals surface area contributed by atoms with E-state index in [2.05, 4.69) is 123 Å². The lowest BCUT2D eigenvalue weighted by Crippen LogP contribution is -2.25. The molecule has 51 heavy (non-hydrogen) atoms. The number of aliphatic imine (C=N–C) groups is 1. The maximum Gasteiger partial charge on any atom is 0.164 e. The molecule has 246 valence electrons. The van der Waals surface area contributed by atoms with E-state index in [0.717, 1.165) is 50.2 Å². The van der Waals surface area contributed by atoms with Crippen LogP contribution in [-0.4, -0.2) is 32.6 Å². The number of allylic oxidation sites excluding steroid dienone is 2. The fourth-order valence-electron chi connectivity index (χ4n) is 6.57. The Kier molecular flexibility index (Phi) is 8.61. The first kappa shape index (κ1) is 31.8. The molecule has 0 aliphatic carbocycles. The smallest absolute Gasteiger partial charge is 0.164 e. The quantitative estimate of drug-likeness (QED) is 0.171. The molecule has 1 atom stereocenters. The standard InChI is InChI=1S/C46H37N5/c1-31-27-32(2)51(3)46(47-31)39-25-23-36(24-26-39)41-28-40(35-21-19-34(20-22-35)33-13-7-4-8-14-33)29-42(30-41)45-49-43(37-15-9-5-10-16-37)48-44(50-45)38-17-11-6-12-18-38/h4-30,46H,1-3H3. The van der Waals surface area contributed by atoms with E-state index in [0.29, 0.717) is 17.5 Å². The van der Waals surface area contributed by atoms with Gasteiger partial charge in [0.25, 0.3) is 0 Å². The van der Waals surface area contributed by atoms with Crippen molar-refractivity contribution in [3.05, 3.63) is 175 Å². The van der Waals surface area contributed by atoms with Crippen molar-refractivity contribution in [1.29, 1.82) is 0 Å². The predicted molar refractivity (Wildman–Crippen MR) is 210 cm³/mol. The third-order valence-corrected chi connectivity index (χ3v) is 9.43. The zero-order chi connectivity index (χ0) is 34.7. The molecule has 0 amide bonds. The molecule has 0 fully saturated rings. The van der Waals surface area contributed by atoms with Gasteiger partial charge in [0.05, 0.1) is 0 Å². The second-order valence-electron chi connectivity index (χ2n) is 12.9. The molecule has 0 saturated carbocycles. The van der Waals surface area contributed by atoms with Crippen LogP contribution in [0.3, 0.4) is 0 Å². The molecule has 7 aromatic rings. The molecule has 5 nitrogen and oxygen atoms in total. The molecule has 0 spiro atoms. The summed E-state index contributed by atoms with van der Waals surface area (Å²) in [4.78, 5) is 22.2. The van der Waals surface area contributed by atoms with Crippen LogP contribution in [0.15, 0.2) is 174 Å². The van der Waals surface area contributed by atoms with E-state index in [-0.39, 0.29) is 6.17 Å². The third-order valence-electron chi connectivity index (χ3n) is 9.43. The van der Waals surface area contributed by atoms with Crippen LogP contribution in [0.4, 0.5) is 0 Å². The zero-order valence-corrected chi connectivity index (χ0v) is 28.9. The summed E-state index contributed by atoms with van der Waals surface area (Å²) in [5.41, 5.74) is 13.0. The van der Waals surface area contributed by atoms with E-state index < -0.39 is 0 Å². The molecule has 0 bridgehead atoms. The van der Waals surface area contributed by atoms with Crippen LogP contribution in [-0.2, 0) is 0 Å². The van der Waals surface area contributed by atoms with Gasteiger partial charge in [0.15, 0.2) is 17.5 Å². The van der Waals surface area contributed by atoms with Crippen molar-refractivity contribution in [1.82, 2.24) is 19.9 Å². The van der Waals surface area contributed by atoms with Gasteiger partial charge in [-0.3, -0.25) is 4.99 Å². The van der Waals surface area contributed by atoms with Crippen LogP contribution in [0.5, 0.6) is 0 Å². The number of rotatable bonds is 7. The first-order valence-corrected chi connectivity index (χ1v) is 17.2. The lowest BCUT2D eigenvalue weighted by molar-refractivity contribution is 0.315. The second kappa shape index (κ2) is 13.8. The van der Waals surface area contributed by atoms with Crippen molar-refractivity contribution >= 4 is 5.71 Å². The van der Waals surface area contributed by atoms with E-state index in [4.69, 9.17) is 19.9 Å². The van der Waals surface area contributed by atoms with Crippen molar-refractivity contribution in [3.8, 4) is 67.5 Å². The molecule has 5 heteroatoms. The van der Waals surface area contributed by atoms with Gasteiger partial charge in [-0.05, 0) is 77.1 Å².